The van der Waals surface area contributed by atoms with Crippen LogP contribution in [0, 0.1) is 0 Å². The fraction of sp³-hybridized carbons (Fsp3) is 0. The van der Waals surface area contributed by atoms with Gasteiger partial charge in [0.2, 0.25) is 0 Å². The molecule has 0 aliphatic carbocycles. The molecule has 2 nitrogen and oxygen atoms in total. The van der Waals surface area contributed by atoms with Gasteiger partial charge in [-0.3, -0.25) is 0 Å². The summed E-state index contributed by atoms with van der Waals surface area (Å²) in [4.78, 5) is 0. The number of rotatable bonds is 2. The smallest absolute Gasteiger partial charge is 0.0401 e. The second-order valence-electron chi connectivity index (χ2n) is 5.92. The van der Waals surface area contributed by atoms with E-state index in [4.69, 9.17) is 11.5 Å². The highest BCUT2D eigenvalue weighted by molar-refractivity contribution is 6.05. The Labute approximate surface area is 141 Å². The van der Waals surface area contributed by atoms with Crippen LogP contribution in [0.1, 0.15) is 0 Å². The molecule has 0 amide bonds. The lowest BCUT2D eigenvalue weighted by molar-refractivity contribution is 1.59. The van der Waals surface area contributed by atoms with Crippen molar-refractivity contribution in [3.8, 4) is 22.3 Å². The van der Waals surface area contributed by atoms with Crippen molar-refractivity contribution in [1.29, 1.82) is 0 Å². The monoisotopic (exact) mass is 310 g/mol. The predicted octanol–water partition coefficient (Wildman–Crippen LogP) is 5.34. The Balaban J connectivity index is 1.99. The molecular formula is C22H18N2. The van der Waals surface area contributed by atoms with E-state index in [1.165, 1.54) is 0 Å². The third-order valence-electron chi connectivity index (χ3n) is 4.39. The topological polar surface area (TPSA) is 52.0 Å². The summed E-state index contributed by atoms with van der Waals surface area (Å²) < 4.78 is 0. The van der Waals surface area contributed by atoms with Crippen molar-refractivity contribution in [2.45, 2.75) is 0 Å². The molecule has 0 aromatic heterocycles. The summed E-state index contributed by atoms with van der Waals surface area (Å²) in [6.07, 6.45) is 0. The maximum Gasteiger partial charge on any atom is 0.0401 e. The first kappa shape index (κ1) is 14.3. The fourth-order valence-corrected chi connectivity index (χ4v) is 3.17. The standard InChI is InChI=1S/C22H18N2/c23-20-12-11-17(15-6-2-1-3-7-15)14-19(20)22-18-9-5-4-8-16(18)10-13-21(22)24/h1-14H,23-24H2. The van der Waals surface area contributed by atoms with E-state index in [2.05, 4.69) is 36.4 Å². The largest absolute Gasteiger partial charge is 0.398 e. The second-order valence-corrected chi connectivity index (χ2v) is 5.92. The van der Waals surface area contributed by atoms with Crippen molar-refractivity contribution < 1.29 is 0 Å². The number of hydrogen-bond acceptors (Lipinski definition) is 2. The van der Waals surface area contributed by atoms with Crippen LogP contribution in [0.15, 0.2) is 84.9 Å². The van der Waals surface area contributed by atoms with Gasteiger partial charge in [-0.05, 0) is 40.1 Å². The zero-order valence-corrected chi connectivity index (χ0v) is 13.2. The zero-order valence-electron chi connectivity index (χ0n) is 13.2. The summed E-state index contributed by atoms with van der Waals surface area (Å²) in [5.41, 5.74) is 18.4. The number of hydrogen-bond donors (Lipinski definition) is 2. The van der Waals surface area contributed by atoms with E-state index < -0.39 is 0 Å². The van der Waals surface area contributed by atoms with Crippen molar-refractivity contribution >= 4 is 22.1 Å². The maximum absolute atomic E-state index is 6.32. The van der Waals surface area contributed by atoms with Gasteiger partial charge in [0.15, 0.2) is 0 Å². The Morgan fingerprint density at radius 1 is 0.542 bits per heavy atom. The van der Waals surface area contributed by atoms with Gasteiger partial charge in [-0.15, -0.1) is 0 Å². The summed E-state index contributed by atoms with van der Waals surface area (Å²) in [5.74, 6) is 0. The van der Waals surface area contributed by atoms with Crippen molar-refractivity contribution in [2.24, 2.45) is 0 Å². The molecule has 4 aromatic rings. The molecule has 4 rings (SSSR count). The van der Waals surface area contributed by atoms with Crippen LogP contribution in [-0.4, -0.2) is 0 Å². The van der Waals surface area contributed by atoms with E-state index >= 15 is 0 Å². The first-order valence-corrected chi connectivity index (χ1v) is 7.96. The van der Waals surface area contributed by atoms with E-state index in [-0.39, 0.29) is 0 Å². The Kier molecular flexibility index (Phi) is 3.43. The molecule has 0 atom stereocenters. The third-order valence-corrected chi connectivity index (χ3v) is 4.39. The molecule has 4 N–H and O–H groups in total. The highest BCUT2D eigenvalue weighted by Crippen LogP contribution is 2.39. The molecule has 0 aliphatic heterocycles. The van der Waals surface area contributed by atoms with Gasteiger partial charge in [-0.25, -0.2) is 0 Å². The van der Waals surface area contributed by atoms with Crippen LogP contribution >= 0.6 is 0 Å². The lowest BCUT2D eigenvalue weighted by Gasteiger charge is -2.14. The van der Waals surface area contributed by atoms with Crippen LogP contribution in [0.3, 0.4) is 0 Å². The summed E-state index contributed by atoms with van der Waals surface area (Å²) in [7, 11) is 0. The summed E-state index contributed by atoms with van der Waals surface area (Å²) in [6, 6.07) is 28.7. The van der Waals surface area contributed by atoms with Crippen LogP contribution in [-0.2, 0) is 0 Å². The van der Waals surface area contributed by atoms with Crippen molar-refractivity contribution in [1.82, 2.24) is 0 Å². The van der Waals surface area contributed by atoms with Crippen molar-refractivity contribution in [3.63, 3.8) is 0 Å². The fourth-order valence-electron chi connectivity index (χ4n) is 3.17. The normalized spacial score (nSPS) is 10.8. The molecule has 0 heterocycles. The highest BCUT2D eigenvalue weighted by Gasteiger charge is 2.12. The molecule has 0 saturated carbocycles. The van der Waals surface area contributed by atoms with Gasteiger partial charge in [-0.2, -0.15) is 0 Å². The van der Waals surface area contributed by atoms with Crippen LogP contribution in [0.5, 0.6) is 0 Å². The van der Waals surface area contributed by atoms with Gasteiger partial charge < -0.3 is 11.5 Å². The molecule has 4 aromatic carbocycles. The Morgan fingerprint density at radius 3 is 2.08 bits per heavy atom. The minimum atomic E-state index is 0.734. The molecule has 0 fully saturated rings. The van der Waals surface area contributed by atoms with Gasteiger partial charge >= 0.3 is 0 Å². The Hall–Kier alpha value is -3.26. The number of nitrogens with two attached hydrogens (primary N) is 2. The van der Waals surface area contributed by atoms with E-state index in [1.807, 2.05) is 48.5 Å². The lowest BCUT2D eigenvalue weighted by atomic mass is 9.93. The lowest BCUT2D eigenvalue weighted by Crippen LogP contribution is -1.96. The average molecular weight is 310 g/mol. The van der Waals surface area contributed by atoms with E-state index in [0.29, 0.717) is 0 Å². The SMILES string of the molecule is Nc1ccc(-c2ccccc2)cc1-c1c(N)ccc2ccccc12. The van der Waals surface area contributed by atoms with Gasteiger partial charge in [0.25, 0.3) is 0 Å². The molecule has 0 radical (unpaired) electrons. The van der Waals surface area contributed by atoms with Gasteiger partial charge in [0, 0.05) is 22.5 Å². The zero-order chi connectivity index (χ0) is 16.5. The van der Waals surface area contributed by atoms with Crippen molar-refractivity contribution in [2.75, 3.05) is 11.5 Å². The Morgan fingerprint density at radius 2 is 1.25 bits per heavy atom. The highest BCUT2D eigenvalue weighted by atomic mass is 14.6. The van der Waals surface area contributed by atoms with Crippen LogP contribution in [0.4, 0.5) is 11.4 Å². The molecule has 0 bridgehead atoms. The molecule has 2 heteroatoms. The van der Waals surface area contributed by atoms with Gasteiger partial charge in [0.1, 0.15) is 0 Å². The minimum absolute atomic E-state index is 0.734. The second kappa shape index (κ2) is 5.74. The quantitative estimate of drug-likeness (QED) is 0.491. The third kappa shape index (κ3) is 2.38. The van der Waals surface area contributed by atoms with Crippen molar-refractivity contribution in [3.05, 3.63) is 84.9 Å². The molecule has 0 saturated heterocycles. The molecule has 116 valence electrons. The maximum atomic E-state index is 6.32. The van der Waals surface area contributed by atoms with Crippen LogP contribution in [0.2, 0.25) is 0 Å². The average Bonchev–Trinajstić information content (AvgIpc) is 2.63. The summed E-state index contributed by atoms with van der Waals surface area (Å²) in [5, 5.41) is 2.28. The molecule has 0 unspecified atom stereocenters. The van der Waals surface area contributed by atoms with E-state index in [0.717, 1.165) is 44.4 Å². The molecule has 0 aliphatic rings. The van der Waals surface area contributed by atoms with Gasteiger partial charge in [0.05, 0.1) is 0 Å². The number of benzene rings is 4. The first-order chi connectivity index (χ1) is 11.7. The van der Waals surface area contributed by atoms with E-state index in [1.54, 1.807) is 0 Å². The summed E-state index contributed by atoms with van der Waals surface area (Å²) in [6.45, 7) is 0. The molecule has 24 heavy (non-hydrogen) atoms. The van der Waals surface area contributed by atoms with Crippen LogP contribution < -0.4 is 11.5 Å². The molecular weight excluding hydrogens is 292 g/mol. The first-order valence-electron chi connectivity index (χ1n) is 7.96. The summed E-state index contributed by atoms with van der Waals surface area (Å²) >= 11 is 0. The predicted molar refractivity (Wildman–Crippen MR) is 104 cm³/mol. The van der Waals surface area contributed by atoms with Gasteiger partial charge in [-0.1, -0.05) is 66.7 Å². The van der Waals surface area contributed by atoms with Crippen LogP contribution in [0.25, 0.3) is 33.0 Å². The minimum Gasteiger partial charge on any atom is -0.398 e. The molecule has 0 spiro atoms. The Bertz CT molecular complexity index is 1020. The number of nitrogen functional groups attached to an aromatic ring is 2. The number of anilines is 2. The van der Waals surface area contributed by atoms with E-state index in [9.17, 15) is 0 Å². The number of fused-ring (bicyclic) bond motifs is 1.